The van der Waals surface area contributed by atoms with Gasteiger partial charge < -0.3 is 24.2 Å². The fourth-order valence-electron chi connectivity index (χ4n) is 4.88. The molecular formula is C26H38N4O5. The molecule has 1 N–H and O–H groups in total. The van der Waals surface area contributed by atoms with Crippen LogP contribution >= 0.6 is 0 Å². The monoisotopic (exact) mass is 486 g/mol. The molecule has 3 rings (SSSR count). The Morgan fingerprint density at radius 2 is 1.94 bits per heavy atom. The van der Waals surface area contributed by atoms with Crippen LogP contribution in [0, 0.1) is 11.8 Å². The van der Waals surface area contributed by atoms with E-state index in [2.05, 4.69) is 0 Å². The Balaban J connectivity index is 1.97. The van der Waals surface area contributed by atoms with E-state index < -0.39 is 18.1 Å². The number of Topliss-reactive ketones (excluding diaryl/α,β-unsaturated/α-hetero) is 1. The minimum atomic E-state index is -1.06. The molecule has 0 aliphatic carbocycles. The van der Waals surface area contributed by atoms with Crippen molar-refractivity contribution < 1.29 is 24.2 Å². The Kier molecular flexibility index (Phi) is 9.26. The molecular weight excluding hydrogens is 448 g/mol. The van der Waals surface area contributed by atoms with Crippen molar-refractivity contribution in [3.05, 3.63) is 30.1 Å². The van der Waals surface area contributed by atoms with Gasteiger partial charge in [-0.05, 0) is 37.3 Å². The fourth-order valence-corrected chi connectivity index (χ4v) is 4.88. The number of fused-ring (bicyclic) bond motifs is 1. The van der Waals surface area contributed by atoms with Crippen molar-refractivity contribution >= 4 is 28.8 Å². The summed E-state index contributed by atoms with van der Waals surface area (Å²) in [6.45, 7) is 7.95. The number of hydrogen-bond acceptors (Lipinski definition) is 5. The van der Waals surface area contributed by atoms with Crippen molar-refractivity contribution in [3.63, 3.8) is 0 Å². The summed E-state index contributed by atoms with van der Waals surface area (Å²) in [5, 5.41) is 9.71. The highest BCUT2D eigenvalue weighted by Gasteiger charge is 2.38. The van der Waals surface area contributed by atoms with Crippen LogP contribution in [-0.4, -0.2) is 81.6 Å². The van der Waals surface area contributed by atoms with Crippen LogP contribution in [0.1, 0.15) is 57.1 Å². The van der Waals surface area contributed by atoms with Gasteiger partial charge in [0, 0.05) is 52.2 Å². The van der Waals surface area contributed by atoms with E-state index in [-0.39, 0.29) is 30.7 Å². The molecule has 0 saturated carbocycles. The lowest BCUT2D eigenvalue weighted by atomic mass is 9.88. The number of ether oxygens (including phenoxy) is 1. The third kappa shape index (κ3) is 6.39. The maximum absolute atomic E-state index is 14.0. The molecule has 0 unspecified atom stereocenters. The highest BCUT2D eigenvalue weighted by atomic mass is 16.5. The number of carbonyl (C=O) groups excluding carboxylic acids is 2. The topological polar surface area (TPSA) is 105 Å². The van der Waals surface area contributed by atoms with Gasteiger partial charge in [-0.1, -0.05) is 32.9 Å². The van der Waals surface area contributed by atoms with E-state index in [4.69, 9.17) is 9.72 Å². The number of nitrogens with zero attached hydrogens (tertiary/aromatic N) is 4. The van der Waals surface area contributed by atoms with Gasteiger partial charge in [-0.25, -0.2) is 9.78 Å². The predicted octanol–water partition coefficient (Wildman–Crippen LogP) is 3.91. The van der Waals surface area contributed by atoms with Crippen molar-refractivity contribution in [2.75, 3.05) is 33.4 Å². The molecule has 192 valence electrons. The summed E-state index contributed by atoms with van der Waals surface area (Å²) in [5.41, 5.74) is 1.65. The summed E-state index contributed by atoms with van der Waals surface area (Å²) in [7, 11) is 1.67. The van der Waals surface area contributed by atoms with Crippen molar-refractivity contribution in [2.24, 2.45) is 11.8 Å². The van der Waals surface area contributed by atoms with Crippen LogP contribution < -0.4 is 0 Å². The number of piperidine rings is 1. The first-order valence-electron chi connectivity index (χ1n) is 12.5. The largest absolute Gasteiger partial charge is 0.465 e. The molecule has 9 nitrogen and oxygen atoms in total. The standard InChI is InChI=1S/C26H38N4O5/c1-5-23(31)19-14-20(17-28(16-19)26(33)34)30(15-18(2)3)25(32)24-27-21-10-6-7-11-22(21)29(24)12-8-9-13-35-4/h6-7,10-11,18-20H,5,8-9,12-17H2,1-4H3,(H,33,34)/t19-,20+/m1/s1. The lowest BCUT2D eigenvalue weighted by Crippen LogP contribution is -2.56. The summed E-state index contributed by atoms with van der Waals surface area (Å²) in [6, 6.07) is 7.30. The number of unbranched alkanes of at least 4 members (excludes halogenated alkanes) is 1. The summed E-state index contributed by atoms with van der Waals surface area (Å²) < 4.78 is 7.14. The van der Waals surface area contributed by atoms with Crippen LogP contribution in [0.15, 0.2) is 24.3 Å². The number of amides is 2. The number of likely N-dealkylation sites (tertiary alicyclic amines) is 1. The number of ketones is 1. The summed E-state index contributed by atoms with van der Waals surface area (Å²) in [6.07, 6.45) is 1.44. The Labute approximate surface area is 207 Å². The van der Waals surface area contributed by atoms with Gasteiger partial charge >= 0.3 is 6.09 Å². The zero-order chi connectivity index (χ0) is 25.5. The zero-order valence-corrected chi connectivity index (χ0v) is 21.3. The molecule has 2 amide bonds. The highest BCUT2D eigenvalue weighted by Crippen LogP contribution is 2.26. The van der Waals surface area contributed by atoms with E-state index in [0.29, 0.717) is 38.4 Å². The molecule has 1 aliphatic heterocycles. The Morgan fingerprint density at radius 3 is 2.60 bits per heavy atom. The maximum atomic E-state index is 14.0. The van der Waals surface area contributed by atoms with Gasteiger partial charge in [-0.15, -0.1) is 0 Å². The molecule has 35 heavy (non-hydrogen) atoms. The lowest BCUT2D eigenvalue weighted by molar-refractivity contribution is -0.124. The number of imidazole rings is 1. The minimum Gasteiger partial charge on any atom is -0.465 e. The van der Waals surface area contributed by atoms with Gasteiger partial charge in [0.05, 0.1) is 17.1 Å². The molecule has 1 saturated heterocycles. The third-order valence-corrected chi connectivity index (χ3v) is 6.59. The summed E-state index contributed by atoms with van der Waals surface area (Å²) >= 11 is 0. The molecule has 0 bridgehead atoms. The molecule has 1 aromatic carbocycles. The Bertz CT molecular complexity index is 1030. The van der Waals surface area contributed by atoms with Gasteiger partial charge in [0.1, 0.15) is 5.78 Å². The molecule has 2 heterocycles. The first-order chi connectivity index (χ1) is 16.8. The summed E-state index contributed by atoms with van der Waals surface area (Å²) in [4.78, 5) is 46.2. The molecule has 0 spiro atoms. The highest BCUT2D eigenvalue weighted by molar-refractivity contribution is 5.95. The molecule has 1 fully saturated rings. The molecule has 1 aliphatic rings. The van der Waals surface area contributed by atoms with Gasteiger partial charge in [0.2, 0.25) is 0 Å². The van der Waals surface area contributed by atoms with Gasteiger partial charge in [0.25, 0.3) is 5.91 Å². The first kappa shape index (κ1) is 26.7. The number of rotatable bonds is 11. The SMILES string of the molecule is CCC(=O)[C@@H]1C[C@H](N(CC(C)C)C(=O)c2nc3ccccc3n2CCCCOC)CN(C(=O)O)C1. The van der Waals surface area contributed by atoms with Crippen LogP contribution in [0.5, 0.6) is 0 Å². The van der Waals surface area contributed by atoms with Crippen LogP contribution in [0.25, 0.3) is 11.0 Å². The average molecular weight is 487 g/mol. The maximum Gasteiger partial charge on any atom is 0.407 e. The lowest BCUT2D eigenvalue weighted by Gasteiger charge is -2.41. The van der Waals surface area contributed by atoms with E-state index in [1.54, 1.807) is 18.9 Å². The molecule has 0 radical (unpaired) electrons. The van der Waals surface area contributed by atoms with Crippen LogP contribution in [0.2, 0.25) is 0 Å². The third-order valence-electron chi connectivity index (χ3n) is 6.59. The quantitative estimate of drug-likeness (QED) is 0.483. The van der Waals surface area contributed by atoms with E-state index in [1.807, 2.05) is 42.7 Å². The molecule has 2 aromatic rings. The van der Waals surface area contributed by atoms with Gasteiger partial charge in [-0.2, -0.15) is 0 Å². The van der Waals surface area contributed by atoms with E-state index in [1.165, 1.54) is 4.90 Å². The Morgan fingerprint density at radius 1 is 1.20 bits per heavy atom. The second-order valence-corrected chi connectivity index (χ2v) is 9.72. The fraction of sp³-hybridized carbons (Fsp3) is 0.615. The minimum absolute atomic E-state index is 0.0308. The van der Waals surface area contributed by atoms with Crippen molar-refractivity contribution in [2.45, 2.75) is 59.0 Å². The number of aromatic nitrogens is 2. The van der Waals surface area contributed by atoms with Crippen LogP contribution in [-0.2, 0) is 16.1 Å². The van der Waals surface area contributed by atoms with Crippen LogP contribution in [0.4, 0.5) is 4.79 Å². The smallest absolute Gasteiger partial charge is 0.407 e. The number of carboxylic acid groups (broad SMARTS) is 1. The number of hydrogen-bond donors (Lipinski definition) is 1. The number of benzene rings is 1. The van der Waals surface area contributed by atoms with Crippen molar-refractivity contribution in [1.29, 1.82) is 0 Å². The molecule has 9 heteroatoms. The number of para-hydroxylation sites is 2. The van der Waals surface area contributed by atoms with Crippen molar-refractivity contribution in [1.82, 2.24) is 19.4 Å². The van der Waals surface area contributed by atoms with E-state index >= 15 is 0 Å². The number of methoxy groups -OCH3 is 1. The normalized spacial score (nSPS) is 18.3. The molecule has 2 atom stereocenters. The number of carbonyl (C=O) groups is 3. The first-order valence-corrected chi connectivity index (χ1v) is 12.5. The van der Waals surface area contributed by atoms with Gasteiger partial charge in [-0.3, -0.25) is 9.59 Å². The van der Waals surface area contributed by atoms with Crippen molar-refractivity contribution in [3.8, 4) is 0 Å². The van der Waals surface area contributed by atoms with E-state index in [9.17, 15) is 19.5 Å². The second-order valence-electron chi connectivity index (χ2n) is 9.72. The zero-order valence-electron chi connectivity index (χ0n) is 21.3. The predicted molar refractivity (Wildman–Crippen MR) is 134 cm³/mol. The number of aryl methyl sites for hydroxylation is 1. The molecule has 1 aromatic heterocycles. The van der Waals surface area contributed by atoms with Crippen LogP contribution in [0.3, 0.4) is 0 Å². The Hall–Kier alpha value is -2.94. The second kappa shape index (κ2) is 12.2. The average Bonchev–Trinajstić information content (AvgIpc) is 3.22. The van der Waals surface area contributed by atoms with E-state index in [0.717, 1.165) is 23.9 Å². The summed E-state index contributed by atoms with van der Waals surface area (Å²) in [5.74, 6) is -0.0795. The van der Waals surface area contributed by atoms with Gasteiger partial charge in [0.15, 0.2) is 5.82 Å².